The topological polar surface area (TPSA) is 51.3 Å². The first kappa shape index (κ1) is 17.8. The Labute approximate surface area is 163 Å². The lowest BCUT2D eigenvalue weighted by Crippen LogP contribution is -2.28. The van der Waals surface area contributed by atoms with Gasteiger partial charge in [-0.15, -0.1) is 0 Å². The number of hydrogen-bond acceptors (Lipinski definition) is 3. The van der Waals surface area contributed by atoms with E-state index in [2.05, 4.69) is 18.1 Å². The lowest BCUT2D eigenvalue weighted by molar-refractivity contribution is 0.0776. The third-order valence-corrected chi connectivity index (χ3v) is 4.72. The molecule has 0 radical (unpaired) electrons. The van der Waals surface area contributed by atoms with Gasteiger partial charge in [0.05, 0.1) is 12.0 Å². The number of para-hydroxylation sites is 1. The van der Waals surface area contributed by atoms with E-state index in [4.69, 9.17) is 4.42 Å². The summed E-state index contributed by atoms with van der Waals surface area (Å²) in [6.07, 6.45) is 1.60. The van der Waals surface area contributed by atoms with E-state index in [0.29, 0.717) is 23.7 Å². The maximum atomic E-state index is 13.3. The summed E-state index contributed by atoms with van der Waals surface area (Å²) in [5.74, 6) is 0.530. The van der Waals surface area contributed by atoms with Gasteiger partial charge in [0.2, 0.25) is 0 Å². The zero-order chi connectivity index (χ0) is 19.5. The molecule has 4 aromatic rings. The van der Waals surface area contributed by atoms with E-state index < -0.39 is 0 Å². The number of carbonyl (C=O) groups is 1. The molecule has 0 aliphatic carbocycles. The van der Waals surface area contributed by atoms with Crippen LogP contribution in [0.1, 0.15) is 21.6 Å². The van der Waals surface area contributed by atoms with Crippen molar-refractivity contribution in [2.75, 3.05) is 7.05 Å². The average Bonchev–Trinajstić information content (AvgIpc) is 3.39. The second-order valence-corrected chi connectivity index (χ2v) is 6.73. The zero-order valence-corrected chi connectivity index (χ0v) is 15.9. The first-order valence-electron chi connectivity index (χ1n) is 9.13. The van der Waals surface area contributed by atoms with Crippen molar-refractivity contribution in [3.8, 4) is 17.1 Å². The Hall–Kier alpha value is -3.60. The van der Waals surface area contributed by atoms with E-state index in [1.54, 1.807) is 21.9 Å². The summed E-state index contributed by atoms with van der Waals surface area (Å²) >= 11 is 0. The van der Waals surface area contributed by atoms with Crippen LogP contribution in [0, 0.1) is 6.92 Å². The number of aromatic nitrogens is 2. The number of furan rings is 1. The average molecular weight is 371 g/mol. The van der Waals surface area contributed by atoms with Gasteiger partial charge in [-0.1, -0.05) is 42.5 Å². The molecule has 0 aliphatic heterocycles. The fourth-order valence-electron chi connectivity index (χ4n) is 3.15. The summed E-state index contributed by atoms with van der Waals surface area (Å²) in [4.78, 5) is 15.0. The van der Waals surface area contributed by atoms with Gasteiger partial charge in [0.25, 0.3) is 5.91 Å². The Morgan fingerprint density at radius 3 is 2.50 bits per heavy atom. The van der Waals surface area contributed by atoms with Crippen LogP contribution in [0.3, 0.4) is 0 Å². The third kappa shape index (κ3) is 3.47. The second-order valence-electron chi connectivity index (χ2n) is 6.73. The largest absolute Gasteiger partial charge is 0.463 e. The summed E-state index contributed by atoms with van der Waals surface area (Å²) in [7, 11) is 1.81. The van der Waals surface area contributed by atoms with E-state index in [9.17, 15) is 4.79 Å². The molecule has 140 valence electrons. The van der Waals surface area contributed by atoms with Gasteiger partial charge in [0.1, 0.15) is 11.4 Å². The summed E-state index contributed by atoms with van der Waals surface area (Å²) < 4.78 is 7.15. The molecule has 0 unspecified atom stereocenters. The number of benzene rings is 2. The van der Waals surface area contributed by atoms with Crippen LogP contribution in [0.4, 0.5) is 0 Å². The Kier molecular flexibility index (Phi) is 4.81. The van der Waals surface area contributed by atoms with Crippen molar-refractivity contribution in [3.63, 3.8) is 0 Å². The fraction of sp³-hybridized carbons (Fsp3) is 0.130. The molecular formula is C23H21N3O2. The van der Waals surface area contributed by atoms with Crippen molar-refractivity contribution < 1.29 is 9.21 Å². The van der Waals surface area contributed by atoms with Crippen LogP contribution in [0.15, 0.2) is 83.5 Å². The SMILES string of the molecule is Cc1ccccc1CN(C)C(=O)c1cc(-c2ccco2)nn1-c1ccccc1. The minimum atomic E-state index is -0.0996. The highest BCUT2D eigenvalue weighted by Gasteiger charge is 2.22. The van der Waals surface area contributed by atoms with E-state index in [0.717, 1.165) is 16.8 Å². The van der Waals surface area contributed by atoms with Gasteiger partial charge in [-0.2, -0.15) is 5.10 Å². The van der Waals surface area contributed by atoms with Gasteiger partial charge in [-0.05, 0) is 42.3 Å². The Morgan fingerprint density at radius 1 is 1.04 bits per heavy atom. The van der Waals surface area contributed by atoms with Gasteiger partial charge in [0, 0.05) is 19.7 Å². The summed E-state index contributed by atoms with van der Waals surface area (Å²) in [5.41, 5.74) is 4.23. The lowest BCUT2D eigenvalue weighted by atomic mass is 10.1. The van der Waals surface area contributed by atoms with Gasteiger partial charge in [-0.3, -0.25) is 4.79 Å². The molecule has 2 aromatic heterocycles. The molecule has 4 rings (SSSR count). The molecule has 0 saturated heterocycles. The fourth-order valence-corrected chi connectivity index (χ4v) is 3.15. The first-order valence-corrected chi connectivity index (χ1v) is 9.13. The molecule has 2 heterocycles. The van der Waals surface area contributed by atoms with Gasteiger partial charge >= 0.3 is 0 Å². The molecular weight excluding hydrogens is 350 g/mol. The van der Waals surface area contributed by atoms with Crippen LogP contribution in [0.2, 0.25) is 0 Å². The molecule has 0 atom stereocenters. The van der Waals surface area contributed by atoms with E-state index >= 15 is 0 Å². The van der Waals surface area contributed by atoms with Crippen LogP contribution in [0.25, 0.3) is 17.1 Å². The van der Waals surface area contributed by atoms with Gasteiger partial charge in [-0.25, -0.2) is 4.68 Å². The molecule has 0 fully saturated rings. The maximum Gasteiger partial charge on any atom is 0.272 e. The highest BCUT2D eigenvalue weighted by Crippen LogP contribution is 2.23. The van der Waals surface area contributed by atoms with Crippen molar-refractivity contribution in [1.82, 2.24) is 14.7 Å². The number of amides is 1. The number of aryl methyl sites for hydroxylation is 1. The van der Waals surface area contributed by atoms with Crippen molar-refractivity contribution in [1.29, 1.82) is 0 Å². The minimum Gasteiger partial charge on any atom is -0.463 e. The molecule has 0 bridgehead atoms. The zero-order valence-electron chi connectivity index (χ0n) is 15.9. The first-order chi connectivity index (χ1) is 13.6. The van der Waals surface area contributed by atoms with Gasteiger partial charge < -0.3 is 9.32 Å². The highest BCUT2D eigenvalue weighted by atomic mass is 16.3. The normalized spacial score (nSPS) is 10.8. The Morgan fingerprint density at radius 2 is 1.79 bits per heavy atom. The summed E-state index contributed by atoms with van der Waals surface area (Å²) in [6.45, 7) is 2.58. The Balaban J connectivity index is 1.71. The smallest absolute Gasteiger partial charge is 0.272 e. The predicted octanol–water partition coefficient (Wildman–Crippen LogP) is 4.71. The summed E-state index contributed by atoms with van der Waals surface area (Å²) in [6, 6.07) is 23.2. The lowest BCUT2D eigenvalue weighted by Gasteiger charge is -2.19. The molecule has 0 saturated carbocycles. The molecule has 5 heteroatoms. The Bertz CT molecular complexity index is 1080. The van der Waals surface area contributed by atoms with Crippen LogP contribution in [-0.2, 0) is 6.54 Å². The summed E-state index contributed by atoms with van der Waals surface area (Å²) in [5, 5.41) is 4.63. The van der Waals surface area contributed by atoms with Crippen LogP contribution >= 0.6 is 0 Å². The molecule has 5 nitrogen and oxygen atoms in total. The van der Waals surface area contributed by atoms with E-state index in [-0.39, 0.29) is 5.91 Å². The number of rotatable bonds is 5. The molecule has 1 amide bonds. The molecule has 2 aromatic carbocycles. The van der Waals surface area contributed by atoms with Crippen molar-refractivity contribution >= 4 is 5.91 Å². The highest BCUT2D eigenvalue weighted by molar-refractivity contribution is 5.94. The molecule has 0 aliphatic rings. The quantitative estimate of drug-likeness (QED) is 0.510. The molecule has 0 N–H and O–H groups in total. The third-order valence-electron chi connectivity index (χ3n) is 4.72. The van der Waals surface area contributed by atoms with Crippen molar-refractivity contribution in [2.45, 2.75) is 13.5 Å². The molecule has 0 spiro atoms. The minimum absolute atomic E-state index is 0.0996. The molecule has 28 heavy (non-hydrogen) atoms. The van der Waals surface area contributed by atoms with Crippen LogP contribution in [0.5, 0.6) is 0 Å². The van der Waals surface area contributed by atoms with Crippen LogP contribution < -0.4 is 0 Å². The number of nitrogens with zero attached hydrogens (tertiary/aromatic N) is 3. The van der Waals surface area contributed by atoms with E-state index in [1.807, 2.05) is 67.7 Å². The monoisotopic (exact) mass is 371 g/mol. The van der Waals surface area contributed by atoms with Gasteiger partial charge in [0.15, 0.2) is 5.76 Å². The predicted molar refractivity (Wildman–Crippen MR) is 108 cm³/mol. The van der Waals surface area contributed by atoms with Crippen LogP contribution in [-0.4, -0.2) is 27.6 Å². The maximum absolute atomic E-state index is 13.3. The van der Waals surface area contributed by atoms with Crippen molar-refractivity contribution in [2.24, 2.45) is 0 Å². The number of hydrogen-bond donors (Lipinski definition) is 0. The number of carbonyl (C=O) groups excluding carboxylic acids is 1. The van der Waals surface area contributed by atoms with Crippen molar-refractivity contribution in [3.05, 3.63) is 95.9 Å². The standard InChI is InChI=1S/C23H21N3O2/c1-17-9-6-7-10-18(17)16-25(2)23(27)21-15-20(22-13-8-14-28-22)24-26(21)19-11-4-3-5-12-19/h3-15H,16H2,1-2H3. The second kappa shape index (κ2) is 7.56. The van der Waals surface area contributed by atoms with E-state index in [1.165, 1.54) is 0 Å².